The van der Waals surface area contributed by atoms with Crippen LogP contribution in [0.15, 0.2) is 95.5 Å². The third kappa shape index (κ3) is 3.68. The molecule has 0 spiro atoms. The van der Waals surface area contributed by atoms with Crippen molar-refractivity contribution in [2.24, 2.45) is 5.92 Å². The molecule has 2 heterocycles. The van der Waals surface area contributed by atoms with Gasteiger partial charge >= 0.3 is 0 Å². The van der Waals surface area contributed by atoms with Crippen LogP contribution in [0.1, 0.15) is 33.8 Å². The topological polar surface area (TPSA) is 42.0 Å². The standard InChI is InChI=1S/C30H23BrN2O/c31-22-14-21(17-32-18-22)30(34)20-15-27-25-10-9-19-6-3-4-7-23(19)24(25)11-12-26(27)28(16-20)29-8-2-1-5-13-33-29/h1-8,10-15,17-18,20,28,33H,9,16H2. The summed E-state index contributed by atoms with van der Waals surface area (Å²) in [7, 11) is 0. The van der Waals surface area contributed by atoms with Crippen molar-refractivity contribution in [1.82, 2.24) is 10.3 Å². The van der Waals surface area contributed by atoms with E-state index in [1.54, 1.807) is 12.4 Å². The third-order valence-electron chi connectivity index (χ3n) is 6.93. The second kappa shape index (κ2) is 8.69. The highest BCUT2D eigenvalue weighted by Crippen LogP contribution is 2.35. The van der Waals surface area contributed by atoms with Crippen molar-refractivity contribution in [3.63, 3.8) is 0 Å². The number of ketones is 1. The minimum Gasteiger partial charge on any atom is -0.364 e. The number of benzene rings is 2. The summed E-state index contributed by atoms with van der Waals surface area (Å²) in [5.74, 6) is -0.0273. The van der Waals surface area contributed by atoms with Gasteiger partial charge in [0.15, 0.2) is 5.78 Å². The van der Waals surface area contributed by atoms with Crippen molar-refractivity contribution in [2.75, 3.05) is 0 Å². The zero-order chi connectivity index (χ0) is 23.1. The normalized spacial score (nSPS) is 19.9. The highest BCUT2D eigenvalue weighted by atomic mass is 79.9. The lowest BCUT2D eigenvalue weighted by Crippen LogP contribution is -2.39. The zero-order valence-corrected chi connectivity index (χ0v) is 20.1. The Labute approximate surface area is 207 Å². The fraction of sp³-hybridized carbons (Fsp3) is 0.133. The Balaban J connectivity index is 1.55. The first-order valence-electron chi connectivity index (χ1n) is 11.6. The number of fused-ring (bicyclic) bond motifs is 5. The van der Waals surface area contributed by atoms with Gasteiger partial charge in [-0.2, -0.15) is 0 Å². The monoisotopic (exact) mass is 506 g/mol. The predicted molar refractivity (Wildman–Crippen MR) is 140 cm³/mol. The predicted octanol–water partition coefficient (Wildman–Crippen LogP) is 5.17. The Kier molecular flexibility index (Phi) is 5.39. The SMILES string of the molecule is O=C(c1cncc(Br)c1)C1C=c2c(ccc3c2=CCc2ccccc2-3)C(C2=CC=CC=CN2)C1. The molecule has 6 rings (SSSR count). The molecule has 3 aromatic rings. The fourth-order valence-corrected chi connectivity index (χ4v) is 5.71. The van der Waals surface area contributed by atoms with Crippen LogP contribution in [0.5, 0.6) is 0 Å². The molecule has 3 aliphatic rings. The number of Topliss-reactive ketones (excluding diaryl/α,β-unsaturated/α-hetero) is 1. The van der Waals surface area contributed by atoms with E-state index in [-0.39, 0.29) is 17.6 Å². The number of aromatic nitrogens is 1. The molecule has 166 valence electrons. The molecule has 4 heteroatoms. The molecule has 0 saturated heterocycles. The van der Waals surface area contributed by atoms with Crippen molar-refractivity contribution in [1.29, 1.82) is 0 Å². The summed E-state index contributed by atoms with van der Waals surface area (Å²) >= 11 is 3.46. The largest absolute Gasteiger partial charge is 0.364 e. The first-order chi connectivity index (χ1) is 16.7. The minimum absolute atomic E-state index is 0.0948. The number of carbonyl (C=O) groups is 1. The molecule has 0 amide bonds. The molecule has 2 aromatic carbocycles. The van der Waals surface area contributed by atoms with Crippen molar-refractivity contribution in [2.45, 2.75) is 18.8 Å². The maximum atomic E-state index is 13.7. The number of halogens is 1. The van der Waals surface area contributed by atoms with Crippen LogP contribution in [0.2, 0.25) is 0 Å². The summed E-state index contributed by atoms with van der Waals surface area (Å²) in [6.07, 6.45) is 19.7. The Bertz CT molecular complexity index is 1530. The van der Waals surface area contributed by atoms with Crippen LogP contribution < -0.4 is 15.8 Å². The highest BCUT2D eigenvalue weighted by molar-refractivity contribution is 9.10. The number of pyridine rings is 1. The molecule has 1 N–H and O–H groups in total. The smallest absolute Gasteiger partial charge is 0.171 e. The first kappa shape index (κ1) is 21.1. The van der Waals surface area contributed by atoms with E-state index in [2.05, 4.69) is 86.9 Å². The highest BCUT2D eigenvalue weighted by Gasteiger charge is 2.31. The molecular formula is C30H23BrN2O. The summed E-state index contributed by atoms with van der Waals surface area (Å²) < 4.78 is 0.817. The van der Waals surface area contributed by atoms with Gasteiger partial charge in [-0.3, -0.25) is 9.78 Å². The maximum absolute atomic E-state index is 13.7. The molecule has 0 radical (unpaired) electrons. The van der Waals surface area contributed by atoms with Gasteiger partial charge in [-0.15, -0.1) is 0 Å². The van der Waals surface area contributed by atoms with E-state index in [1.165, 1.54) is 32.7 Å². The lowest BCUT2D eigenvalue weighted by Gasteiger charge is -2.30. The summed E-state index contributed by atoms with van der Waals surface area (Å²) in [6.45, 7) is 0. The van der Waals surface area contributed by atoms with Crippen LogP contribution in [-0.2, 0) is 6.42 Å². The summed E-state index contributed by atoms with van der Waals surface area (Å²) in [5.41, 5.74) is 6.90. The van der Waals surface area contributed by atoms with Crippen LogP contribution in [-0.4, -0.2) is 10.8 Å². The van der Waals surface area contributed by atoms with Gasteiger partial charge in [-0.25, -0.2) is 0 Å². The molecule has 0 bridgehead atoms. The first-order valence-corrected chi connectivity index (χ1v) is 12.4. The van der Waals surface area contributed by atoms with Gasteiger partial charge in [0.05, 0.1) is 0 Å². The Morgan fingerprint density at radius 3 is 2.82 bits per heavy atom. The van der Waals surface area contributed by atoms with Gasteiger partial charge in [0, 0.05) is 46.2 Å². The number of hydrogen-bond donors (Lipinski definition) is 1. The van der Waals surface area contributed by atoms with E-state index in [0.717, 1.165) is 16.6 Å². The van der Waals surface area contributed by atoms with Gasteiger partial charge in [0.1, 0.15) is 0 Å². The van der Waals surface area contributed by atoms with Crippen molar-refractivity contribution < 1.29 is 4.79 Å². The Morgan fingerprint density at radius 2 is 1.91 bits per heavy atom. The number of hydrogen-bond acceptors (Lipinski definition) is 3. The van der Waals surface area contributed by atoms with Gasteiger partial charge in [0.25, 0.3) is 0 Å². The Morgan fingerprint density at radius 1 is 1.00 bits per heavy atom. The number of rotatable bonds is 3. The molecule has 2 aliphatic carbocycles. The summed E-state index contributed by atoms with van der Waals surface area (Å²) in [6, 6.07) is 15.0. The van der Waals surface area contributed by atoms with E-state index < -0.39 is 0 Å². The molecular weight excluding hydrogens is 484 g/mol. The van der Waals surface area contributed by atoms with Crippen molar-refractivity contribution >= 4 is 33.9 Å². The molecule has 34 heavy (non-hydrogen) atoms. The van der Waals surface area contributed by atoms with Crippen LogP contribution in [0.25, 0.3) is 23.3 Å². The molecule has 0 saturated carbocycles. The van der Waals surface area contributed by atoms with Crippen LogP contribution in [0.4, 0.5) is 0 Å². The van der Waals surface area contributed by atoms with E-state index in [4.69, 9.17) is 0 Å². The van der Waals surface area contributed by atoms with Gasteiger partial charge < -0.3 is 5.32 Å². The Hall–Kier alpha value is -3.50. The molecule has 0 fully saturated rings. The second-order valence-electron chi connectivity index (χ2n) is 8.92. The summed E-state index contributed by atoms with van der Waals surface area (Å²) in [4.78, 5) is 17.9. The number of carbonyl (C=O) groups excluding carboxylic acids is 1. The van der Waals surface area contributed by atoms with E-state index in [9.17, 15) is 4.79 Å². The minimum atomic E-state index is -0.232. The number of nitrogens with one attached hydrogen (secondary N) is 1. The van der Waals surface area contributed by atoms with Gasteiger partial charge in [-0.05, 0) is 79.7 Å². The number of nitrogens with zero attached hydrogens (tertiary/aromatic N) is 1. The van der Waals surface area contributed by atoms with Crippen molar-refractivity contribution in [3.05, 3.63) is 123 Å². The average Bonchev–Trinajstić information content (AvgIpc) is 3.17. The third-order valence-corrected chi connectivity index (χ3v) is 7.37. The molecule has 3 nitrogen and oxygen atoms in total. The maximum Gasteiger partial charge on any atom is 0.171 e. The van der Waals surface area contributed by atoms with Gasteiger partial charge in [0.2, 0.25) is 0 Å². The zero-order valence-electron chi connectivity index (χ0n) is 18.5. The van der Waals surface area contributed by atoms with Crippen LogP contribution in [0, 0.1) is 5.92 Å². The quantitative estimate of drug-likeness (QED) is 0.498. The lowest BCUT2D eigenvalue weighted by atomic mass is 9.75. The molecule has 1 aromatic heterocycles. The fourth-order valence-electron chi connectivity index (χ4n) is 5.35. The lowest BCUT2D eigenvalue weighted by molar-refractivity contribution is 0.0943. The van der Waals surface area contributed by atoms with Crippen LogP contribution in [0.3, 0.4) is 0 Å². The summed E-state index contributed by atoms with van der Waals surface area (Å²) in [5, 5.41) is 5.89. The van der Waals surface area contributed by atoms with E-state index in [0.29, 0.717) is 12.0 Å². The van der Waals surface area contributed by atoms with E-state index >= 15 is 0 Å². The molecule has 1 aliphatic heterocycles. The van der Waals surface area contributed by atoms with Crippen LogP contribution >= 0.6 is 15.9 Å². The molecule has 2 atom stereocenters. The van der Waals surface area contributed by atoms with E-state index in [1.807, 2.05) is 24.4 Å². The molecule has 2 unspecified atom stereocenters. The second-order valence-corrected chi connectivity index (χ2v) is 9.84. The number of allylic oxidation sites excluding steroid dienone is 5. The van der Waals surface area contributed by atoms with Gasteiger partial charge in [-0.1, -0.05) is 60.7 Å². The van der Waals surface area contributed by atoms with Crippen molar-refractivity contribution in [3.8, 4) is 11.1 Å². The average molecular weight is 507 g/mol.